The summed E-state index contributed by atoms with van der Waals surface area (Å²) in [5.41, 5.74) is 0.994. The average molecular weight is 264 g/mol. The highest BCUT2D eigenvalue weighted by Crippen LogP contribution is 2.39. The lowest BCUT2D eigenvalue weighted by atomic mass is 9.69. The summed E-state index contributed by atoms with van der Waals surface area (Å²) in [4.78, 5) is 28.9. The predicted molar refractivity (Wildman–Crippen MR) is 71.4 cm³/mol. The second-order valence-corrected chi connectivity index (χ2v) is 5.93. The second-order valence-electron chi connectivity index (χ2n) is 5.93. The minimum Gasteiger partial charge on any atom is -0.476 e. The van der Waals surface area contributed by atoms with Crippen molar-refractivity contribution in [3.05, 3.63) is 27.4 Å². The van der Waals surface area contributed by atoms with Gasteiger partial charge in [-0.05, 0) is 30.6 Å². The summed E-state index contributed by atoms with van der Waals surface area (Å²) in [6, 6.07) is 0. The molecule has 2 N–H and O–H groups in total. The fourth-order valence-corrected chi connectivity index (χ4v) is 2.78. The van der Waals surface area contributed by atoms with Crippen molar-refractivity contribution in [1.29, 1.82) is 0 Å². The quantitative estimate of drug-likeness (QED) is 0.874. The maximum Gasteiger partial charge on any atom is 0.355 e. The molecule has 0 aliphatic heterocycles. The standard InChI is InChI=1S/C14H20N2O3/c1-4-14(2,3)8-5-6-10-9(7-8)11(12(17)18)16-13(19)15-10/h8H,4-7H2,1-3H3,(H,17,18)(H,15,16,19). The van der Waals surface area contributed by atoms with E-state index in [0.29, 0.717) is 17.9 Å². The molecule has 104 valence electrons. The second kappa shape index (κ2) is 4.79. The van der Waals surface area contributed by atoms with E-state index >= 15 is 0 Å². The zero-order valence-corrected chi connectivity index (χ0v) is 11.6. The van der Waals surface area contributed by atoms with Crippen molar-refractivity contribution >= 4 is 5.97 Å². The topological polar surface area (TPSA) is 83.0 Å². The molecule has 1 atom stereocenters. The number of aromatic amines is 1. The van der Waals surface area contributed by atoms with Crippen LogP contribution in [-0.2, 0) is 12.8 Å². The molecule has 0 amide bonds. The average Bonchev–Trinajstić information content (AvgIpc) is 2.36. The highest BCUT2D eigenvalue weighted by Gasteiger charge is 2.33. The van der Waals surface area contributed by atoms with Crippen LogP contribution >= 0.6 is 0 Å². The Kier molecular flexibility index (Phi) is 3.47. The Bertz CT molecular complexity index is 560. The number of hydrogen-bond acceptors (Lipinski definition) is 3. The summed E-state index contributed by atoms with van der Waals surface area (Å²) in [6.07, 6.45) is 3.43. The lowest BCUT2D eigenvalue weighted by Gasteiger charge is -2.37. The largest absolute Gasteiger partial charge is 0.476 e. The summed E-state index contributed by atoms with van der Waals surface area (Å²) in [5, 5.41) is 9.20. The normalized spacial score (nSPS) is 19.0. The number of carboxylic acid groups (broad SMARTS) is 1. The van der Waals surface area contributed by atoms with Gasteiger partial charge in [0, 0.05) is 11.3 Å². The number of carboxylic acids is 1. The lowest BCUT2D eigenvalue weighted by Crippen LogP contribution is -2.33. The molecule has 5 heteroatoms. The van der Waals surface area contributed by atoms with Crippen molar-refractivity contribution < 1.29 is 9.90 Å². The molecule has 5 nitrogen and oxygen atoms in total. The van der Waals surface area contributed by atoms with Gasteiger partial charge in [0.1, 0.15) is 0 Å². The summed E-state index contributed by atoms with van der Waals surface area (Å²) in [6.45, 7) is 6.57. The predicted octanol–water partition coefficient (Wildman–Crippen LogP) is 2.01. The van der Waals surface area contributed by atoms with E-state index in [1.54, 1.807) is 0 Å². The van der Waals surface area contributed by atoms with E-state index < -0.39 is 11.7 Å². The van der Waals surface area contributed by atoms with Crippen LogP contribution in [0.15, 0.2) is 4.79 Å². The van der Waals surface area contributed by atoms with Crippen LogP contribution in [0, 0.1) is 11.3 Å². The van der Waals surface area contributed by atoms with Crippen LogP contribution < -0.4 is 5.69 Å². The van der Waals surface area contributed by atoms with Crippen LogP contribution in [0.1, 0.15) is 55.4 Å². The number of fused-ring (bicyclic) bond motifs is 1. The van der Waals surface area contributed by atoms with Crippen molar-refractivity contribution in [3.8, 4) is 0 Å². The van der Waals surface area contributed by atoms with Gasteiger partial charge in [0.25, 0.3) is 0 Å². The van der Waals surface area contributed by atoms with E-state index in [1.807, 2.05) is 0 Å². The van der Waals surface area contributed by atoms with E-state index in [2.05, 4.69) is 30.7 Å². The number of hydrogen-bond donors (Lipinski definition) is 2. The molecule has 1 heterocycles. The number of rotatable bonds is 3. The highest BCUT2D eigenvalue weighted by atomic mass is 16.4. The van der Waals surface area contributed by atoms with Gasteiger partial charge in [0.05, 0.1) is 0 Å². The molecule has 0 spiro atoms. The van der Waals surface area contributed by atoms with E-state index in [0.717, 1.165) is 25.0 Å². The molecule has 0 radical (unpaired) electrons. The SMILES string of the molecule is CCC(C)(C)C1CCc2[nH]c(=O)nc(C(=O)O)c2C1. The third kappa shape index (κ3) is 2.55. The van der Waals surface area contributed by atoms with Gasteiger partial charge in [-0.2, -0.15) is 4.98 Å². The number of carbonyl (C=O) groups is 1. The van der Waals surface area contributed by atoms with E-state index in [-0.39, 0.29) is 11.1 Å². The molecular weight excluding hydrogens is 244 g/mol. The maximum absolute atomic E-state index is 11.4. The van der Waals surface area contributed by atoms with Gasteiger partial charge in [-0.25, -0.2) is 9.59 Å². The van der Waals surface area contributed by atoms with Crippen LogP contribution in [0.3, 0.4) is 0 Å². The van der Waals surface area contributed by atoms with Crippen LogP contribution in [0.2, 0.25) is 0 Å². The summed E-state index contributed by atoms with van der Waals surface area (Å²) in [7, 11) is 0. The first-order valence-electron chi connectivity index (χ1n) is 6.70. The minimum absolute atomic E-state index is 0.0737. The number of nitrogens with zero attached hydrogens (tertiary/aromatic N) is 1. The van der Waals surface area contributed by atoms with Gasteiger partial charge >= 0.3 is 11.7 Å². The van der Waals surface area contributed by atoms with E-state index in [4.69, 9.17) is 0 Å². The Balaban J connectivity index is 2.44. The van der Waals surface area contributed by atoms with Crippen LogP contribution in [0.25, 0.3) is 0 Å². The number of aryl methyl sites for hydroxylation is 1. The molecule has 1 aromatic rings. The first-order chi connectivity index (χ1) is 8.85. The van der Waals surface area contributed by atoms with Gasteiger partial charge in [-0.3, -0.25) is 0 Å². The molecule has 0 fully saturated rings. The van der Waals surface area contributed by atoms with Crippen molar-refractivity contribution in [3.63, 3.8) is 0 Å². The van der Waals surface area contributed by atoms with Crippen LogP contribution in [0.4, 0.5) is 0 Å². The number of aromatic nitrogens is 2. The third-order valence-corrected chi connectivity index (χ3v) is 4.53. The first-order valence-corrected chi connectivity index (χ1v) is 6.70. The van der Waals surface area contributed by atoms with Crippen LogP contribution in [0.5, 0.6) is 0 Å². The molecule has 1 unspecified atom stereocenters. The molecular formula is C14H20N2O3. The van der Waals surface area contributed by atoms with E-state index in [9.17, 15) is 14.7 Å². The Labute approximate surface area is 112 Å². The van der Waals surface area contributed by atoms with Crippen molar-refractivity contribution in [2.24, 2.45) is 11.3 Å². The minimum atomic E-state index is -1.11. The molecule has 1 aliphatic carbocycles. The van der Waals surface area contributed by atoms with Crippen molar-refractivity contribution in [1.82, 2.24) is 9.97 Å². The molecule has 1 aliphatic rings. The summed E-state index contributed by atoms with van der Waals surface area (Å²) < 4.78 is 0. The van der Waals surface area contributed by atoms with E-state index in [1.165, 1.54) is 0 Å². The molecule has 0 bridgehead atoms. The summed E-state index contributed by atoms with van der Waals surface area (Å²) in [5.74, 6) is -0.687. The highest BCUT2D eigenvalue weighted by molar-refractivity contribution is 5.87. The van der Waals surface area contributed by atoms with Gasteiger partial charge < -0.3 is 10.1 Å². The number of nitrogens with one attached hydrogen (secondary N) is 1. The monoisotopic (exact) mass is 264 g/mol. The molecule has 19 heavy (non-hydrogen) atoms. The smallest absolute Gasteiger partial charge is 0.355 e. The maximum atomic E-state index is 11.4. The Morgan fingerprint density at radius 3 is 2.79 bits per heavy atom. The van der Waals surface area contributed by atoms with Crippen molar-refractivity contribution in [2.75, 3.05) is 0 Å². The van der Waals surface area contributed by atoms with Crippen molar-refractivity contribution in [2.45, 2.75) is 46.5 Å². The Morgan fingerprint density at radius 2 is 2.21 bits per heavy atom. The van der Waals surface area contributed by atoms with Gasteiger partial charge in [-0.1, -0.05) is 27.2 Å². The van der Waals surface area contributed by atoms with Gasteiger partial charge in [0.15, 0.2) is 5.69 Å². The van der Waals surface area contributed by atoms with Gasteiger partial charge in [0.2, 0.25) is 0 Å². The molecule has 2 rings (SSSR count). The molecule has 0 aromatic carbocycles. The molecule has 1 aromatic heterocycles. The third-order valence-electron chi connectivity index (χ3n) is 4.53. The Hall–Kier alpha value is -1.65. The number of aromatic carboxylic acids is 1. The van der Waals surface area contributed by atoms with Gasteiger partial charge in [-0.15, -0.1) is 0 Å². The summed E-state index contributed by atoms with van der Waals surface area (Å²) >= 11 is 0. The van der Waals surface area contributed by atoms with Crippen LogP contribution in [-0.4, -0.2) is 21.0 Å². The molecule has 0 saturated carbocycles. The fraction of sp³-hybridized carbons (Fsp3) is 0.643. The lowest BCUT2D eigenvalue weighted by molar-refractivity contribution is 0.0686. The number of H-pyrrole nitrogens is 1. The Morgan fingerprint density at radius 1 is 1.53 bits per heavy atom. The zero-order chi connectivity index (χ0) is 14.2. The first kappa shape index (κ1) is 13.8. The zero-order valence-electron chi connectivity index (χ0n) is 11.6. The molecule has 0 saturated heterocycles. The fourth-order valence-electron chi connectivity index (χ4n) is 2.78.